The fraction of sp³-hybridized carbons (Fsp3) is 0.636. The van der Waals surface area contributed by atoms with Crippen molar-refractivity contribution in [3.8, 4) is 0 Å². The van der Waals surface area contributed by atoms with Crippen molar-refractivity contribution in [3.05, 3.63) is 11.9 Å². The summed E-state index contributed by atoms with van der Waals surface area (Å²) in [5, 5.41) is 16.7. The van der Waals surface area contributed by atoms with Crippen LogP contribution < -0.4 is 0 Å². The minimum atomic E-state index is -4.78. The second kappa shape index (κ2) is 5.74. The molecular formula is C11H14F4N4O3S. The highest BCUT2D eigenvalue weighted by Crippen LogP contribution is 2.37. The summed E-state index contributed by atoms with van der Waals surface area (Å²) in [6.45, 7) is 3.36. The summed E-state index contributed by atoms with van der Waals surface area (Å²) < 4.78 is 77.7. The van der Waals surface area contributed by atoms with E-state index in [0.29, 0.717) is 6.54 Å². The Morgan fingerprint density at radius 2 is 2.00 bits per heavy atom. The molecule has 0 saturated carbocycles. The van der Waals surface area contributed by atoms with E-state index in [9.17, 15) is 31.1 Å². The van der Waals surface area contributed by atoms with Gasteiger partial charge in [-0.15, -0.1) is 4.41 Å². The molecule has 0 aliphatic carbocycles. The topological polar surface area (TPSA) is 87.8 Å². The van der Waals surface area contributed by atoms with Crippen molar-refractivity contribution in [2.45, 2.75) is 50.3 Å². The Labute approximate surface area is 129 Å². The smallest absolute Gasteiger partial charge is 0.288 e. The Morgan fingerprint density at radius 1 is 1.39 bits per heavy atom. The average molecular weight is 358 g/mol. The first-order valence-corrected chi connectivity index (χ1v) is 7.93. The molecule has 0 amide bonds. The van der Waals surface area contributed by atoms with Gasteiger partial charge in [-0.2, -0.15) is 18.6 Å². The van der Waals surface area contributed by atoms with Gasteiger partial charge in [-0.25, -0.2) is 17.6 Å². The molecule has 1 aromatic rings. The van der Waals surface area contributed by atoms with Crippen LogP contribution in [0.15, 0.2) is 16.2 Å². The number of rotatable bonds is 5. The summed E-state index contributed by atoms with van der Waals surface area (Å²) in [6, 6.07) is 0. The van der Waals surface area contributed by atoms with E-state index in [1.54, 1.807) is 6.92 Å². The molecule has 1 unspecified atom stereocenters. The van der Waals surface area contributed by atoms with E-state index >= 15 is 0 Å². The van der Waals surface area contributed by atoms with Crippen LogP contribution in [0.4, 0.5) is 17.6 Å². The summed E-state index contributed by atoms with van der Waals surface area (Å²) in [5.74, 6) is 0. The van der Waals surface area contributed by atoms with Crippen LogP contribution >= 0.6 is 0 Å². The van der Waals surface area contributed by atoms with Crippen LogP contribution in [0.3, 0.4) is 0 Å². The van der Waals surface area contributed by atoms with Crippen LogP contribution in [0.1, 0.15) is 19.0 Å². The number of aliphatic hydroxyl groups is 1. The highest BCUT2D eigenvalue weighted by Gasteiger charge is 2.56. The van der Waals surface area contributed by atoms with Crippen LogP contribution in [-0.2, 0) is 16.6 Å². The maximum absolute atomic E-state index is 13.1. The maximum Gasteiger partial charge on any atom is 0.288 e. The van der Waals surface area contributed by atoms with Crippen LogP contribution in [-0.4, -0.2) is 52.0 Å². The van der Waals surface area contributed by atoms with Crippen molar-refractivity contribution in [2.24, 2.45) is 5.10 Å². The first kappa shape index (κ1) is 17.7. The molecule has 1 N–H and O–H groups in total. The van der Waals surface area contributed by atoms with Crippen LogP contribution in [0.5, 0.6) is 0 Å². The standard InChI is InChI=1S/C11H14F4N4O3S/c1-3-18-6(2)8(5-16-18)23(21,22)19-11(20,10(14)15)4-7(17-19)9(12)13/h5,9-10,20H,3-4H2,1-2H3. The molecular weight excluding hydrogens is 344 g/mol. The summed E-state index contributed by atoms with van der Waals surface area (Å²) >= 11 is 0. The first-order chi connectivity index (χ1) is 10.6. The Morgan fingerprint density at radius 3 is 2.43 bits per heavy atom. The molecule has 7 nitrogen and oxygen atoms in total. The van der Waals surface area contributed by atoms with Gasteiger partial charge >= 0.3 is 0 Å². The van der Waals surface area contributed by atoms with E-state index in [1.165, 1.54) is 11.6 Å². The molecule has 1 aliphatic heterocycles. The van der Waals surface area contributed by atoms with Gasteiger partial charge in [0.05, 0.1) is 11.9 Å². The van der Waals surface area contributed by atoms with Crippen molar-refractivity contribution in [1.82, 2.24) is 14.2 Å². The number of hydrazone groups is 1. The Hall–Kier alpha value is -1.69. The number of sulfonamides is 1. The van der Waals surface area contributed by atoms with Crippen LogP contribution in [0.25, 0.3) is 0 Å². The summed E-state index contributed by atoms with van der Waals surface area (Å²) in [5.41, 5.74) is -4.37. The zero-order valence-electron chi connectivity index (χ0n) is 12.1. The van der Waals surface area contributed by atoms with Crippen molar-refractivity contribution >= 4 is 15.7 Å². The fourth-order valence-corrected chi connectivity index (χ4v) is 3.83. The van der Waals surface area contributed by atoms with Gasteiger partial charge in [-0.3, -0.25) is 4.68 Å². The number of hydrogen-bond acceptors (Lipinski definition) is 5. The number of aromatic nitrogens is 2. The highest BCUT2D eigenvalue weighted by atomic mass is 32.2. The third-order valence-corrected chi connectivity index (χ3v) is 5.27. The minimum Gasteiger partial charge on any atom is -0.364 e. The van der Waals surface area contributed by atoms with E-state index in [0.717, 1.165) is 6.20 Å². The normalized spacial score (nSPS) is 22.3. The zero-order chi connectivity index (χ0) is 17.6. The second-order valence-corrected chi connectivity index (χ2v) is 6.64. The molecule has 1 atom stereocenters. The minimum absolute atomic E-state index is 0.116. The van der Waals surface area contributed by atoms with E-state index in [-0.39, 0.29) is 10.1 Å². The van der Waals surface area contributed by atoms with Gasteiger partial charge in [0.15, 0.2) is 0 Å². The van der Waals surface area contributed by atoms with E-state index in [4.69, 9.17) is 0 Å². The number of nitrogens with zero attached hydrogens (tertiary/aromatic N) is 4. The lowest BCUT2D eigenvalue weighted by molar-refractivity contribution is -0.150. The third kappa shape index (κ3) is 2.69. The molecule has 0 radical (unpaired) electrons. The van der Waals surface area contributed by atoms with E-state index in [2.05, 4.69) is 10.2 Å². The lowest BCUT2D eigenvalue weighted by atomic mass is 10.1. The number of hydrogen-bond donors (Lipinski definition) is 1. The van der Waals surface area contributed by atoms with Gasteiger partial charge < -0.3 is 5.11 Å². The Kier molecular flexibility index (Phi) is 4.41. The Balaban J connectivity index is 2.57. The average Bonchev–Trinajstić information content (AvgIpc) is 3.01. The molecule has 0 saturated heterocycles. The van der Waals surface area contributed by atoms with Crippen molar-refractivity contribution < 1.29 is 31.1 Å². The fourth-order valence-electron chi connectivity index (χ4n) is 2.21. The van der Waals surface area contributed by atoms with E-state index < -0.39 is 45.6 Å². The molecule has 130 valence electrons. The van der Waals surface area contributed by atoms with Gasteiger partial charge in [-0.1, -0.05) is 0 Å². The molecule has 23 heavy (non-hydrogen) atoms. The van der Waals surface area contributed by atoms with Crippen molar-refractivity contribution in [3.63, 3.8) is 0 Å². The quantitative estimate of drug-likeness (QED) is 0.801. The molecule has 0 spiro atoms. The maximum atomic E-state index is 13.1. The van der Waals surface area contributed by atoms with Gasteiger partial charge in [0, 0.05) is 13.0 Å². The molecule has 2 rings (SSSR count). The van der Waals surface area contributed by atoms with Crippen LogP contribution in [0, 0.1) is 6.92 Å². The predicted molar refractivity (Wildman–Crippen MR) is 70.7 cm³/mol. The second-order valence-electron chi connectivity index (χ2n) is 4.91. The monoisotopic (exact) mass is 358 g/mol. The summed E-state index contributed by atoms with van der Waals surface area (Å²) in [6.07, 6.45) is -7.27. The van der Waals surface area contributed by atoms with Gasteiger partial charge in [-0.05, 0) is 13.8 Å². The van der Waals surface area contributed by atoms with Crippen LogP contribution in [0.2, 0.25) is 0 Å². The summed E-state index contributed by atoms with van der Waals surface area (Å²) in [4.78, 5) is -0.488. The largest absolute Gasteiger partial charge is 0.364 e. The molecule has 2 heterocycles. The lowest BCUT2D eigenvalue weighted by Crippen LogP contribution is -2.51. The molecule has 1 aromatic heterocycles. The van der Waals surface area contributed by atoms with Crippen molar-refractivity contribution in [2.75, 3.05) is 0 Å². The third-order valence-electron chi connectivity index (χ3n) is 3.46. The van der Waals surface area contributed by atoms with Gasteiger partial charge in [0.1, 0.15) is 10.6 Å². The number of halogens is 4. The molecule has 0 bridgehead atoms. The lowest BCUT2D eigenvalue weighted by Gasteiger charge is -2.30. The zero-order valence-corrected chi connectivity index (χ0v) is 12.9. The molecule has 0 fully saturated rings. The molecule has 1 aliphatic rings. The highest BCUT2D eigenvalue weighted by molar-refractivity contribution is 7.89. The first-order valence-electron chi connectivity index (χ1n) is 6.49. The molecule has 0 aromatic carbocycles. The SMILES string of the molecule is CCn1ncc(S(=O)(=O)N2N=C(C(F)F)CC2(O)C(F)F)c1C. The molecule has 12 heteroatoms. The van der Waals surface area contributed by atoms with Gasteiger partial charge in [0.25, 0.3) is 22.9 Å². The Bertz CT molecular complexity index is 734. The predicted octanol–water partition coefficient (Wildman–Crippen LogP) is 1.18. The summed E-state index contributed by atoms with van der Waals surface area (Å²) in [7, 11) is -4.78. The number of aryl methyl sites for hydroxylation is 1. The van der Waals surface area contributed by atoms with E-state index in [1.807, 2.05) is 0 Å². The van der Waals surface area contributed by atoms with Crippen molar-refractivity contribution in [1.29, 1.82) is 0 Å². The number of alkyl halides is 4. The van der Waals surface area contributed by atoms with Gasteiger partial charge in [0.2, 0.25) is 5.72 Å².